The molecular weight excluding hydrogens is 582 g/mol. The van der Waals surface area contributed by atoms with Crippen LogP contribution in [-0.2, 0) is 13.6 Å². The molecule has 232 valence electrons. The molecule has 0 saturated carbocycles. The number of imidazole rings is 1. The standard InChI is InChI=1S/C27H30F2N10O5/c1-35-21-23(33-26(30)39-24(21)32-22(34-39)20-3-2-10-44-20)38(27(35)43)9-6-36-4-7-37(8-5-36)19-11-16(17(28)12-18(19)29)25(42)31-13-15(41)14-40/h2-3,10-12,15,40-41H,4-9,13-14H2,1H3,(H2,30,33)(H,31,42)/t15-/m1/s1. The van der Waals surface area contributed by atoms with Crippen molar-refractivity contribution in [2.75, 3.05) is 56.5 Å². The molecule has 1 atom stereocenters. The number of nitrogens with one attached hydrogen (secondary N) is 1. The molecule has 0 aliphatic carbocycles. The fraction of sp³-hybridized carbons (Fsp3) is 0.370. The van der Waals surface area contributed by atoms with E-state index in [0.717, 1.165) is 6.07 Å². The third kappa shape index (κ3) is 5.24. The van der Waals surface area contributed by atoms with Crippen molar-refractivity contribution < 1.29 is 28.2 Å². The molecule has 0 spiro atoms. The number of aliphatic hydroxyl groups excluding tert-OH is 2. The maximum atomic E-state index is 14.8. The van der Waals surface area contributed by atoms with Crippen molar-refractivity contribution >= 4 is 34.4 Å². The van der Waals surface area contributed by atoms with Gasteiger partial charge in [0, 0.05) is 58.9 Å². The van der Waals surface area contributed by atoms with Gasteiger partial charge in [-0.25, -0.2) is 18.6 Å². The van der Waals surface area contributed by atoms with E-state index < -0.39 is 30.3 Å². The third-order valence-electron chi connectivity index (χ3n) is 7.66. The zero-order valence-corrected chi connectivity index (χ0v) is 23.7. The number of piperazine rings is 1. The lowest BCUT2D eigenvalue weighted by atomic mass is 10.1. The number of nitrogens with two attached hydrogens (primary N) is 1. The molecule has 1 amide bonds. The Kier molecular flexibility index (Phi) is 7.74. The van der Waals surface area contributed by atoms with E-state index in [-0.39, 0.29) is 29.4 Å². The second kappa shape index (κ2) is 11.7. The van der Waals surface area contributed by atoms with Crippen LogP contribution >= 0.6 is 0 Å². The first-order chi connectivity index (χ1) is 21.2. The molecule has 6 rings (SSSR count). The van der Waals surface area contributed by atoms with Crippen molar-refractivity contribution in [1.82, 2.24) is 38.9 Å². The fourth-order valence-electron chi connectivity index (χ4n) is 5.28. The van der Waals surface area contributed by atoms with Crippen LogP contribution in [0.4, 0.5) is 20.4 Å². The minimum atomic E-state index is -1.20. The normalized spacial score (nSPS) is 15.0. The largest absolute Gasteiger partial charge is 0.461 e. The first-order valence-corrected chi connectivity index (χ1v) is 13.8. The number of carbonyl (C=O) groups is 1. The summed E-state index contributed by atoms with van der Waals surface area (Å²) in [6.45, 7) is 1.73. The molecule has 4 aromatic heterocycles. The lowest BCUT2D eigenvalue weighted by Gasteiger charge is -2.36. The van der Waals surface area contributed by atoms with Gasteiger partial charge in [-0.15, -0.1) is 5.10 Å². The van der Waals surface area contributed by atoms with Gasteiger partial charge < -0.3 is 30.6 Å². The first kappa shape index (κ1) is 29.2. The van der Waals surface area contributed by atoms with Gasteiger partial charge >= 0.3 is 5.69 Å². The van der Waals surface area contributed by atoms with E-state index in [4.69, 9.17) is 15.3 Å². The van der Waals surface area contributed by atoms with Crippen molar-refractivity contribution in [3.05, 3.63) is 58.2 Å². The topological polar surface area (TPSA) is 185 Å². The smallest absolute Gasteiger partial charge is 0.330 e. The Morgan fingerprint density at radius 1 is 1.14 bits per heavy atom. The predicted molar refractivity (Wildman–Crippen MR) is 154 cm³/mol. The van der Waals surface area contributed by atoms with Gasteiger partial charge in [0.05, 0.1) is 30.2 Å². The number of aryl methyl sites for hydroxylation is 1. The number of nitrogens with zero attached hydrogens (tertiary/aromatic N) is 8. The van der Waals surface area contributed by atoms with Gasteiger partial charge in [-0.2, -0.15) is 9.50 Å². The number of nitrogen functional groups attached to an aromatic ring is 1. The van der Waals surface area contributed by atoms with Crippen molar-refractivity contribution in [3.8, 4) is 11.6 Å². The molecule has 1 saturated heterocycles. The summed E-state index contributed by atoms with van der Waals surface area (Å²) in [7, 11) is 1.62. The summed E-state index contributed by atoms with van der Waals surface area (Å²) in [5.74, 6) is -1.85. The van der Waals surface area contributed by atoms with E-state index >= 15 is 0 Å². The number of amides is 1. The number of carbonyl (C=O) groups excluding carboxylic acids is 1. The van der Waals surface area contributed by atoms with Gasteiger partial charge in [0.15, 0.2) is 17.1 Å². The average Bonchev–Trinajstić information content (AvgIpc) is 3.75. The van der Waals surface area contributed by atoms with Gasteiger partial charge in [-0.1, -0.05) is 0 Å². The summed E-state index contributed by atoms with van der Waals surface area (Å²) in [5, 5.41) is 25.1. The first-order valence-electron chi connectivity index (χ1n) is 13.8. The Hall–Kier alpha value is -4.87. The van der Waals surface area contributed by atoms with Crippen molar-refractivity contribution in [2.24, 2.45) is 7.05 Å². The van der Waals surface area contributed by atoms with Crippen LogP contribution in [0.5, 0.6) is 0 Å². The predicted octanol–water partition coefficient (Wildman–Crippen LogP) is -0.197. The number of anilines is 2. The molecule has 15 nitrogen and oxygen atoms in total. The molecule has 17 heteroatoms. The highest BCUT2D eigenvalue weighted by Gasteiger charge is 2.25. The van der Waals surface area contributed by atoms with Crippen LogP contribution in [0, 0.1) is 11.6 Å². The Morgan fingerprint density at radius 3 is 2.61 bits per heavy atom. The highest BCUT2D eigenvalue weighted by atomic mass is 19.1. The summed E-state index contributed by atoms with van der Waals surface area (Å²) < 4.78 is 38.9. The van der Waals surface area contributed by atoms with E-state index in [2.05, 4.69) is 25.3 Å². The molecule has 5 aromatic rings. The Labute approximate surface area is 247 Å². The molecule has 1 aromatic carbocycles. The van der Waals surface area contributed by atoms with Crippen LogP contribution < -0.4 is 21.6 Å². The van der Waals surface area contributed by atoms with Gasteiger partial charge in [-0.05, 0) is 18.2 Å². The number of hydrogen-bond donors (Lipinski definition) is 4. The number of furan rings is 1. The number of rotatable bonds is 9. The van der Waals surface area contributed by atoms with E-state index in [1.54, 1.807) is 24.1 Å². The number of halogens is 2. The number of aromatic nitrogens is 6. The van der Waals surface area contributed by atoms with Gasteiger partial charge in [0.25, 0.3) is 5.91 Å². The molecule has 1 fully saturated rings. The summed E-state index contributed by atoms with van der Waals surface area (Å²) >= 11 is 0. The van der Waals surface area contributed by atoms with Crippen LogP contribution in [0.25, 0.3) is 28.4 Å². The summed E-state index contributed by atoms with van der Waals surface area (Å²) in [6.07, 6.45) is 0.308. The van der Waals surface area contributed by atoms with Crippen molar-refractivity contribution in [1.29, 1.82) is 0 Å². The Morgan fingerprint density at radius 2 is 1.91 bits per heavy atom. The van der Waals surface area contributed by atoms with Crippen LogP contribution in [0.2, 0.25) is 0 Å². The molecule has 0 bridgehead atoms. The molecule has 44 heavy (non-hydrogen) atoms. The molecule has 1 aliphatic rings. The van der Waals surface area contributed by atoms with Gasteiger partial charge in [0.2, 0.25) is 11.8 Å². The van der Waals surface area contributed by atoms with E-state index in [0.29, 0.717) is 73.7 Å². The van der Waals surface area contributed by atoms with Gasteiger partial charge in [-0.3, -0.25) is 18.8 Å². The molecule has 1 aliphatic heterocycles. The molecular formula is C27H30F2N10O5. The molecule has 0 radical (unpaired) electrons. The van der Waals surface area contributed by atoms with E-state index in [9.17, 15) is 23.5 Å². The lowest BCUT2D eigenvalue weighted by molar-refractivity contribution is 0.0799. The highest BCUT2D eigenvalue weighted by Crippen LogP contribution is 2.26. The molecule has 5 heterocycles. The van der Waals surface area contributed by atoms with Gasteiger partial charge in [0.1, 0.15) is 17.2 Å². The number of benzene rings is 1. The third-order valence-corrected chi connectivity index (χ3v) is 7.66. The minimum Gasteiger partial charge on any atom is -0.461 e. The Balaban J connectivity index is 1.16. The summed E-state index contributed by atoms with van der Waals surface area (Å²) in [5.41, 5.74) is 6.81. The summed E-state index contributed by atoms with van der Waals surface area (Å²) in [6, 6.07) is 5.24. The van der Waals surface area contributed by atoms with Crippen molar-refractivity contribution in [3.63, 3.8) is 0 Å². The van der Waals surface area contributed by atoms with Crippen LogP contribution in [0.3, 0.4) is 0 Å². The van der Waals surface area contributed by atoms with Crippen molar-refractivity contribution in [2.45, 2.75) is 12.6 Å². The second-order valence-electron chi connectivity index (χ2n) is 10.4. The average molecular weight is 613 g/mol. The van der Waals surface area contributed by atoms with Crippen LogP contribution in [-0.4, -0.2) is 102 Å². The monoisotopic (exact) mass is 612 g/mol. The lowest BCUT2D eigenvalue weighted by Crippen LogP contribution is -2.48. The van der Waals surface area contributed by atoms with E-state index in [1.165, 1.54) is 19.9 Å². The minimum absolute atomic E-state index is 0.0599. The van der Waals surface area contributed by atoms with Crippen LogP contribution in [0.15, 0.2) is 39.7 Å². The molecule has 0 unspecified atom stereocenters. The maximum Gasteiger partial charge on any atom is 0.330 e. The zero-order chi connectivity index (χ0) is 31.1. The highest BCUT2D eigenvalue weighted by molar-refractivity contribution is 5.95. The fourth-order valence-corrected chi connectivity index (χ4v) is 5.28. The number of hydrogen-bond acceptors (Lipinski definition) is 11. The SMILES string of the molecule is Cn1c(=O)n(CCN2CCN(c3cc(C(=O)NC[C@@H](O)CO)c(F)cc3F)CC2)c2nc(N)n3nc(-c4ccco4)nc3c21. The quantitative estimate of drug-likeness (QED) is 0.173. The zero-order valence-electron chi connectivity index (χ0n) is 23.7. The maximum absolute atomic E-state index is 14.8. The van der Waals surface area contributed by atoms with Crippen LogP contribution in [0.1, 0.15) is 10.4 Å². The number of aliphatic hydroxyl groups is 2. The number of fused-ring (bicyclic) bond motifs is 3. The second-order valence-corrected chi connectivity index (χ2v) is 10.4. The Bertz CT molecular complexity index is 1890. The summed E-state index contributed by atoms with van der Waals surface area (Å²) in [4.78, 5) is 38.5. The molecule has 5 N–H and O–H groups in total. The van der Waals surface area contributed by atoms with E-state index in [1.807, 2.05) is 0 Å².